The third-order valence-corrected chi connectivity index (χ3v) is 1.82. The smallest absolute Gasteiger partial charge is 0.280 e. The summed E-state index contributed by atoms with van der Waals surface area (Å²) >= 11 is 0. The lowest BCUT2D eigenvalue weighted by Crippen LogP contribution is -2.27. The molecule has 0 aliphatic rings. The molecule has 0 fully saturated rings. The highest BCUT2D eigenvalue weighted by atomic mass is 19.3. The molecule has 16 heavy (non-hydrogen) atoms. The Morgan fingerprint density at radius 2 is 1.94 bits per heavy atom. The number of alkyl halides is 2. The van der Waals surface area contributed by atoms with Gasteiger partial charge in [-0.15, -0.1) is 0 Å². The quantitative estimate of drug-likeness (QED) is 0.873. The zero-order valence-corrected chi connectivity index (χ0v) is 10.5. The molecule has 0 saturated heterocycles. The van der Waals surface area contributed by atoms with Crippen molar-refractivity contribution in [2.75, 3.05) is 0 Å². The number of aryl methyl sites for hydroxylation is 1. The van der Waals surface area contributed by atoms with Crippen LogP contribution in [0.15, 0.2) is 6.20 Å². The minimum atomic E-state index is -2.56. The topological polar surface area (TPSA) is 38.0 Å². The average Bonchev–Trinajstić information content (AvgIpc) is 2.47. The Bertz CT molecular complexity index is 316. The van der Waals surface area contributed by atoms with E-state index in [9.17, 15) is 13.9 Å². The van der Waals surface area contributed by atoms with Crippen molar-refractivity contribution in [2.24, 2.45) is 0 Å². The molecule has 1 heterocycles. The maximum absolute atomic E-state index is 12.6. The van der Waals surface area contributed by atoms with Crippen molar-refractivity contribution in [2.45, 2.75) is 53.2 Å². The third kappa shape index (κ3) is 4.26. The molecule has 94 valence electrons. The molecule has 3 nitrogen and oxygen atoms in total. The summed E-state index contributed by atoms with van der Waals surface area (Å²) in [5.74, 6) is 0. The van der Waals surface area contributed by atoms with Gasteiger partial charge in [0.1, 0.15) is 5.69 Å². The van der Waals surface area contributed by atoms with E-state index >= 15 is 0 Å². The number of halogens is 2. The van der Waals surface area contributed by atoms with Crippen LogP contribution < -0.4 is 0 Å². The molecule has 0 aliphatic heterocycles. The summed E-state index contributed by atoms with van der Waals surface area (Å²) in [7, 11) is 0. The third-order valence-electron chi connectivity index (χ3n) is 1.82. The summed E-state index contributed by atoms with van der Waals surface area (Å²) in [5.41, 5.74) is -0.710. The van der Waals surface area contributed by atoms with Crippen LogP contribution in [-0.2, 0) is 6.54 Å². The van der Waals surface area contributed by atoms with E-state index in [0.29, 0.717) is 5.56 Å². The van der Waals surface area contributed by atoms with Crippen LogP contribution in [0.4, 0.5) is 8.78 Å². The molecule has 0 aromatic carbocycles. The molecule has 0 spiro atoms. The molecule has 0 bridgehead atoms. The Hall–Kier alpha value is -0.970. The van der Waals surface area contributed by atoms with Crippen molar-refractivity contribution in [3.05, 3.63) is 17.5 Å². The van der Waals surface area contributed by atoms with E-state index < -0.39 is 12.0 Å². The predicted octanol–water partition coefficient (Wildman–Crippen LogP) is 2.93. The van der Waals surface area contributed by atoms with Gasteiger partial charge >= 0.3 is 0 Å². The molecule has 1 rings (SSSR count). The molecule has 1 aromatic rings. The van der Waals surface area contributed by atoms with Gasteiger partial charge in [0, 0.05) is 0 Å². The van der Waals surface area contributed by atoms with Gasteiger partial charge in [-0.2, -0.15) is 5.10 Å². The summed E-state index contributed by atoms with van der Waals surface area (Å²) in [6.07, 6.45) is -1.17. The zero-order valence-electron chi connectivity index (χ0n) is 10.5. The second-order valence-corrected chi connectivity index (χ2v) is 3.98. The molecular formula is C11H20F2N2O. The van der Waals surface area contributed by atoms with Gasteiger partial charge in [0.25, 0.3) is 6.43 Å². The second kappa shape index (κ2) is 5.94. The molecule has 5 heteroatoms. The van der Waals surface area contributed by atoms with Crippen molar-refractivity contribution in [3.63, 3.8) is 0 Å². The Labute approximate surface area is 95.1 Å². The SMILES string of the molecule is CC.Cc1cnn(CC(C)(C)O)c1C(F)F. The van der Waals surface area contributed by atoms with Crippen LogP contribution in [0.1, 0.15) is 45.4 Å². The predicted molar refractivity (Wildman–Crippen MR) is 59.6 cm³/mol. The van der Waals surface area contributed by atoms with Gasteiger partial charge in [0.2, 0.25) is 0 Å². The maximum atomic E-state index is 12.6. The Balaban J connectivity index is 0.00000106. The Morgan fingerprint density at radius 3 is 2.31 bits per heavy atom. The van der Waals surface area contributed by atoms with Crippen molar-refractivity contribution >= 4 is 0 Å². The van der Waals surface area contributed by atoms with Gasteiger partial charge < -0.3 is 5.11 Å². The van der Waals surface area contributed by atoms with Gasteiger partial charge in [-0.3, -0.25) is 4.68 Å². The van der Waals surface area contributed by atoms with Crippen molar-refractivity contribution in [1.29, 1.82) is 0 Å². The van der Waals surface area contributed by atoms with Crippen LogP contribution >= 0.6 is 0 Å². The fourth-order valence-corrected chi connectivity index (χ4v) is 1.27. The van der Waals surface area contributed by atoms with Crippen LogP contribution in [0.5, 0.6) is 0 Å². The number of hydrogen-bond donors (Lipinski definition) is 1. The zero-order chi connectivity index (χ0) is 12.9. The summed E-state index contributed by atoms with van der Waals surface area (Å²) in [4.78, 5) is 0. The number of rotatable bonds is 3. The number of aromatic nitrogens is 2. The molecule has 0 atom stereocenters. The number of aliphatic hydroxyl groups is 1. The molecule has 0 aliphatic carbocycles. The molecule has 0 unspecified atom stereocenters. The van der Waals surface area contributed by atoms with E-state index in [1.54, 1.807) is 20.8 Å². The largest absolute Gasteiger partial charge is 0.389 e. The first-order chi connectivity index (χ1) is 7.31. The molecular weight excluding hydrogens is 214 g/mol. The van der Waals surface area contributed by atoms with E-state index in [1.165, 1.54) is 6.20 Å². The van der Waals surface area contributed by atoms with E-state index in [4.69, 9.17) is 0 Å². The van der Waals surface area contributed by atoms with Crippen molar-refractivity contribution in [1.82, 2.24) is 9.78 Å². The second-order valence-electron chi connectivity index (χ2n) is 3.98. The molecule has 0 amide bonds. The number of nitrogens with zero attached hydrogens (tertiary/aromatic N) is 2. The van der Waals surface area contributed by atoms with E-state index in [1.807, 2.05) is 13.8 Å². The average molecular weight is 234 g/mol. The lowest BCUT2D eigenvalue weighted by Gasteiger charge is -2.18. The van der Waals surface area contributed by atoms with Crippen LogP contribution in [0.3, 0.4) is 0 Å². The summed E-state index contributed by atoms with van der Waals surface area (Å²) in [5, 5.41) is 13.3. The lowest BCUT2D eigenvalue weighted by molar-refractivity contribution is 0.0512. The first-order valence-electron chi connectivity index (χ1n) is 5.34. The first-order valence-corrected chi connectivity index (χ1v) is 5.34. The highest BCUT2D eigenvalue weighted by molar-refractivity contribution is 5.16. The van der Waals surface area contributed by atoms with E-state index in [0.717, 1.165) is 4.68 Å². The molecule has 1 N–H and O–H groups in total. The molecule has 0 saturated carbocycles. The fraction of sp³-hybridized carbons (Fsp3) is 0.727. The van der Waals surface area contributed by atoms with Crippen molar-refractivity contribution < 1.29 is 13.9 Å². The van der Waals surface area contributed by atoms with Gasteiger partial charge in [-0.25, -0.2) is 8.78 Å². The minimum absolute atomic E-state index is 0.0700. The van der Waals surface area contributed by atoms with Gasteiger partial charge in [-0.1, -0.05) is 13.8 Å². The monoisotopic (exact) mass is 234 g/mol. The first kappa shape index (κ1) is 15.0. The van der Waals surface area contributed by atoms with Crippen LogP contribution in [-0.4, -0.2) is 20.5 Å². The maximum Gasteiger partial charge on any atom is 0.280 e. The van der Waals surface area contributed by atoms with Gasteiger partial charge in [-0.05, 0) is 26.3 Å². The summed E-state index contributed by atoms with van der Waals surface area (Å²) in [6.45, 7) is 8.76. The molecule has 0 radical (unpaired) electrons. The minimum Gasteiger partial charge on any atom is -0.389 e. The van der Waals surface area contributed by atoms with E-state index in [-0.39, 0.29) is 12.2 Å². The van der Waals surface area contributed by atoms with Crippen LogP contribution in [0.2, 0.25) is 0 Å². The van der Waals surface area contributed by atoms with E-state index in [2.05, 4.69) is 5.10 Å². The Morgan fingerprint density at radius 1 is 1.44 bits per heavy atom. The summed E-state index contributed by atoms with van der Waals surface area (Å²) in [6, 6.07) is 0. The Kier molecular flexibility index (Phi) is 5.58. The normalized spacial score (nSPS) is 11.3. The summed E-state index contributed by atoms with van der Waals surface area (Å²) < 4.78 is 26.3. The van der Waals surface area contributed by atoms with Crippen molar-refractivity contribution in [3.8, 4) is 0 Å². The lowest BCUT2D eigenvalue weighted by atomic mass is 10.1. The molecule has 1 aromatic heterocycles. The number of hydrogen-bond acceptors (Lipinski definition) is 2. The highest BCUT2D eigenvalue weighted by Gasteiger charge is 2.22. The van der Waals surface area contributed by atoms with Crippen LogP contribution in [0, 0.1) is 6.92 Å². The van der Waals surface area contributed by atoms with Gasteiger partial charge in [0.15, 0.2) is 0 Å². The highest BCUT2D eigenvalue weighted by Crippen LogP contribution is 2.23. The van der Waals surface area contributed by atoms with Gasteiger partial charge in [0.05, 0.1) is 18.3 Å². The fourth-order valence-electron chi connectivity index (χ4n) is 1.27. The standard InChI is InChI=1S/C9H14F2N2O.C2H6/c1-6-4-12-13(5-9(2,3)14)7(6)8(10)11;1-2/h4,8,14H,5H2,1-3H3;1-2H3. The van der Waals surface area contributed by atoms with Crippen LogP contribution in [0.25, 0.3) is 0 Å².